The summed E-state index contributed by atoms with van der Waals surface area (Å²) < 4.78 is 5.65. The number of hydrogen-bond donors (Lipinski definition) is 1. The maximum absolute atomic E-state index is 9.34. The quantitative estimate of drug-likeness (QED) is 0.768. The van der Waals surface area contributed by atoms with Crippen LogP contribution in [0.1, 0.15) is 45.4 Å². The molecule has 2 unspecified atom stereocenters. The van der Waals surface area contributed by atoms with Gasteiger partial charge >= 0.3 is 0 Å². The van der Waals surface area contributed by atoms with E-state index in [9.17, 15) is 5.26 Å². The van der Waals surface area contributed by atoms with E-state index in [0.717, 1.165) is 32.3 Å². The lowest BCUT2D eigenvalue weighted by Gasteiger charge is -2.36. The Labute approximate surface area is 91.8 Å². The van der Waals surface area contributed by atoms with Crippen LogP contribution in [0.5, 0.6) is 0 Å². The standard InChI is InChI=1S/C12H20N2O/c1-2-15-11-4-3-7-12(8-11,9-13)14-10-5-6-10/h10-11,14H,2-8H2,1H3. The van der Waals surface area contributed by atoms with Crippen LogP contribution in [0.2, 0.25) is 0 Å². The number of nitrogens with one attached hydrogen (secondary N) is 1. The van der Waals surface area contributed by atoms with Crippen molar-refractivity contribution in [3.05, 3.63) is 0 Å². The van der Waals surface area contributed by atoms with Gasteiger partial charge in [-0.05, 0) is 39.0 Å². The number of nitriles is 1. The zero-order valence-corrected chi connectivity index (χ0v) is 9.46. The molecule has 0 amide bonds. The van der Waals surface area contributed by atoms with Crippen LogP contribution < -0.4 is 5.32 Å². The summed E-state index contributed by atoms with van der Waals surface area (Å²) >= 11 is 0. The van der Waals surface area contributed by atoms with Gasteiger partial charge < -0.3 is 4.74 Å². The molecule has 0 heterocycles. The van der Waals surface area contributed by atoms with Gasteiger partial charge in [0.2, 0.25) is 0 Å². The minimum absolute atomic E-state index is 0.287. The van der Waals surface area contributed by atoms with Gasteiger partial charge in [0.15, 0.2) is 0 Å². The maximum Gasteiger partial charge on any atom is 0.109 e. The summed E-state index contributed by atoms with van der Waals surface area (Å²) in [5, 5.41) is 12.8. The molecule has 84 valence electrons. The molecular formula is C12H20N2O. The topological polar surface area (TPSA) is 45.0 Å². The van der Waals surface area contributed by atoms with Gasteiger partial charge in [0.25, 0.3) is 0 Å². The van der Waals surface area contributed by atoms with Gasteiger partial charge in [0.05, 0.1) is 12.2 Å². The predicted molar refractivity (Wildman–Crippen MR) is 58.4 cm³/mol. The van der Waals surface area contributed by atoms with Crippen LogP contribution in [-0.4, -0.2) is 24.3 Å². The molecule has 3 heteroatoms. The fraction of sp³-hybridized carbons (Fsp3) is 0.917. The summed E-state index contributed by atoms with van der Waals surface area (Å²) in [6, 6.07) is 3.09. The van der Waals surface area contributed by atoms with Gasteiger partial charge in [-0.15, -0.1) is 0 Å². The Morgan fingerprint density at radius 3 is 2.87 bits per heavy atom. The van der Waals surface area contributed by atoms with E-state index in [1.54, 1.807) is 0 Å². The van der Waals surface area contributed by atoms with Gasteiger partial charge in [0.1, 0.15) is 5.54 Å². The summed E-state index contributed by atoms with van der Waals surface area (Å²) in [6.07, 6.45) is 6.85. The van der Waals surface area contributed by atoms with Crippen LogP contribution in [0.4, 0.5) is 0 Å². The second-order valence-corrected chi connectivity index (χ2v) is 4.79. The van der Waals surface area contributed by atoms with Gasteiger partial charge in [-0.25, -0.2) is 0 Å². The molecule has 2 aliphatic rings. The van der Waals surface area contributed by atoms with Crippen molar-refractivity contribution in [2.45, 2.75) is 63.1 Å². The summed E-state index contributed by atoms with van der Waals surface area (Å²) in [4.78, 5) is 0. The molecule has 0 aromatic heterocycles. The van der Waals surface area contributed by atoms with Crippen LogP contribution in [0, 0.1) is 11.3 Å². The first-order valence-electron chi connectivity index (χ1n) is 6.08. The monoisotopic (exact) mass is 208 g/mol. The lowest BCUT2D eigenvalue weighted by atomic mass is 9.81. The number of ether oxygens (including phenoxy) is 1. The predicted octanol–water partition coefficient (Wildman–Crippen LogP) is 1.98. The van der Waals surface area contributed by atoms with E-state index in [1.165, 1.54) is 12.8 Å². The van der Waals surface area contributed by atoms with Crippen molar-refractivity contribution in [2.24, 2.45) is 0 Å². The van der Waals surface area contributed by atoms with Crippen molar-refractivity contribution in [3.63, 3.8) is 0 Å². The molecule has 0 spiro atoms. The number of rotatable bonds is 4. The lowest BCUT2D eigenvalue weighted by Crippen LogP contribution is -2.50. The normalized spacial score (nSPS) is 36.1. The van der Waals surface area contributed by atoms with Crippen molar-refractivity contribution in [2.75, 3.05) is 6.61 Å². The second-order valence-electron chi connectivity index (χ2n) is 4.79. The molecule has 0 bridgehead atoms. The van der Waals surface area contributed by atoms with Crippen molar-refractivity contribution in [1.29, 1.82) is 5.26 Å². The Morgan fingerprint density at radius 1 is 1.47 bits per heavy atom. The van der Waals surface area contributed by atoms with Crippen molar-refractivity contribution in [1.82, 2.24) is 5.32 Å². The van der Waals surface area contributed by atoms with Crippen LogP contribution in [0.15, 0.2) is 0 Å². The summed E-state index contributed by atoms with van der Waals surface area (Å²) in [6.45, 7) is 2.78. The zero-order valence-electron chi connectivity index (χ0n) is 9.46. The minimum Gasteiger partial charge on any atom is -0.378 e. The van der Waals surface area contributed by atoms with E-state index in [1.807, 2.05) is 6.92 Å². The first-order valence-corrected chi connectivity index (χ1v) is 6.08. The summed E-state index contributed by atoms with van der Waals surface area (Å²) in [7, 11) is 0. The molecule has 0 radical (unpaired) electrons. The van der Waals surface area contributed by atoms with E-state index in [-0.39, 0.29) is 11.6 Å². The molecule has 2 fully saturated rings. The third kappa shape index (κ3) is 2.70. The molecule has 2 aliphatic carbocycles. The average Bonchev–Trinajstić information content (AvgIpc) is 3.03. The lowest BCUT2D eigenvalue weighted by molar-refractivity contribution is 0.0158. The van der Waals surface area contributed by atoms with Gasteiger partial charge in [0, 0.05) is 19.1 Å². The third-order valence-electron chi connectivity index (χ3n) is 3.38. The Kier molecular flexibility index (Phi) is 3.28. The van der Waals surface area contributed by atoms with E-state index >= 15 is 0 Å². The smallest absolute Gasteiger partial charge is 0.109 e. The third-order valence-corrected chi connectivity index (χ3v) is 3.38. The highest BCUT2D eigenvalue weighted by atomic mass is 16.5. The van der Waals surface area contributed by atoms with Crippen LogP contribution in [-0.2, 0) is 4.74 Å². The molecule has 0 aromatic carbocycles. The van der Waals surface area contributed by atoms with Gasteiger partial charge in [-0.3, -0.25) is 5.32 Å². The maximum atomic E-state index is 9.34. The molecule has 1 N–H and O–H groups in total. The van der Waals surface area contributed by atoms with Crippen LogP contribution in [0.25, 0.3) is 0 Å². The number of nitrogens with zero attached hydrogens (tertiary/aromatic N) is 1. The molecule has 0 aliphatic heterocycles. The van der Waals surface area contributed by atoms with E-state index in [0.29, 0.717) is 6.04 Å². The first kappa shape index (κ1) is 10.9. The molecule has 2 atom stereocenters. The molecule has 2 rings (SSSR count). The van der Waals surface area contributed by atoms with E-state index < -0.39 is 0 Å². The van der Waals surface area contributed by atoms with Crippen LogP contribution >= 0.6 is 0 Å². The second kappa shape index (κ2) is 4.51. The summed E-state index contributed by atoms with van der Waals surface area (Å²) in [5.74, 6) is 0. The Bertz CT molecular complexity index is 255. The van der Waals surface area contributed by atoms with E-state index in [2.05, 4.69) is 11.4 Å². The molecule has 15 heavy (non-hydrogen) atoms. The highest BCUT2D eigenvalue weighted by Gasteiger charge is 2.40. The Morgan fingerprint density at radius 2 is 2.27 bits per heavy atom. The molecule has 3 nitrogen and oxygen atoms in total. The zero-order chi connectivity index (χ0) is 10.7. The van der Waals surface area contributed by atoms with E-state index in [4.69, 9.17) is 4.74 Å². The Hall–Kier alpha value is -0.590. The van der Waals surface area contributed by atoms with Crippen molar-refractivity contribution >= 4 is 0 Å². The highest BCUT2D eigenvalue weighted by Crippen LogP contribution is 2.33. The highest BCUT2D eigenvalue weighted by molar-refractivity contribution is 5.12. The average molecular weight is 208 g/mol. The van der Waals surface area contributed by atoms with Gasteiger partial charge in [-0.1, -0.05) is 0 Å². The molecule has 2 saturated carbocycles. The fourth-order valence-corrected chi connectivity index (χ4v) is 2.49. The van der Waals surface area contributed by atoms with Gasteiger partial charge in [-0.2, -0.15) is 5.26 Å². The largest absolute Gasteiger partial charge is 0.378 e. The molecule has 0 aromatic rings. The van der Waals surface area contributed by atoms with Crippen molar-refractivity contribution in [3.8, 4) is 6.07 Å². The summed E-state index contributed by atoms with van der Waals surface area (Å²) in [5.41, 5.74) is -0.292. The number of hydrogen-bond acceptors (Lipinski definition) is 3. The molecule has 0 saturated heterocycles. The first-order chi connectivity index (χ1) is 7.28. The van der Waals surface area contributed by atoms with Crippen molar-refractivity contribution < 1.29 is 4.74 Å². The SMILES string of the molecule is CCOC1CCCC(C#N)(NC2CC2)C1. The Balaban J connectivity index is 1.94. The van der Waals surface area contributed by atoms with Crippen LogP contribution in [0.3, 0.4) is 0 Å². The fourth-order valence-electron chi connectivity index (χ4n) is 2.49. The molecular weight excluding hydrogens is 188 g/mol. The minimum atomic E-state index is -0.292.